The molecule has 2 aromatic rings. The number of hydrogen-bond acceptors (Lipinski definition) is 2. The molecule has 2 aromatic carbocycles. The van der Waals surface area contributed by atoms with Crippen molar-refractivity contribution in [3.8, 4) is 5.75 Å². The molecule has 0 unspecified atom stereocenters. The quantitative estimate of drug-likeness (QED) is 0.878. The highest BCUT2D eigenvalue weighted by molar-refractivity contribution is 5.28. The second-order valence-electron chi connectivity index (χ2n) is 3.72. The number of halogens is 1. The van der Waals surface area contributed by atoms with Gasteiger partial charge in [0.15, 0.2) is 0 Å². The van der Waals surface area contributed by atoms with E-state index >= 15 is 0 Å². The maximum atomic E-state index is 13.0. The van der Waals surface area contributed by atoms with Crippen LogP contribution in [0, 0.1) is 5.82 Å². The largest absolute Gasteiger partial charge is 0.489 e. The molecule has 2 N–H and O–H groups in total. The fraction of sp³-hybridized carbons (Fsp3) is 0.143. The molecule has 0 radical (unpaired) electrons. The monoisotopic (exact) mass is 231 g/mol. The maximum Gasteiger partial charge on any atom is 0.123 e. The molecular weight excluding hydrogens is 217 g/mol. The molecule has 0 bridgehead atoms. The van der Waals surface area contributed by atoms with Crippen LogP contribution in [-0.4, -0.2) is 0 Å². The molecule has 0 aliphatic carbocycles. The lowest BCUT2D eigenvalue weighted by molar-refractivity contribution is 0.305. The van der Waals surface area contributed by atoms with Crippen LogP contribution < -0.4 is 10.5 Å². The molecule has 0 heterocycles. The number of para-hydroxylation sites is 1. The Morgan fingerprint density at radius 3 is 2.47 bits per heavy atom. The minimum Gasteiger partial charge on any atom is -0.489 e. The predicted octanol–water partition coefficient (Wildman–Crippen LogP) is 2.86. The van der Waals surface area contributed by atoms with Crippen molar-refractivity contribution in [2.45, 2.75) is 13.2 Å². The summed E-state index contributed by atoms with van der Waals surface area (Å²) in [5.41, 5.74) is 7.26. The van der Waals surface area contributed by atoms with Crippen LogP contribution in [-0.2, 0) is 13.2 Å². The van der Waals surface area contributed by atoms with E-state index in [4.69, 9.17) is 10.5 Å². The minimum absolute atomic E-state index is 0.270. The van der Waals surface area contributed by atoms with E-state index in [1.54, 1.807) is 6.07 Å². The summed E-state index contributed by atoms with van der Waals surface area (Å²) in [6.07, 6.45) is 0. The zero-order valence-corrected chi connectivity index (χ0v) is 9.40. The number of ether oxygens (including phenoxy) is 1. The number of hydrogen-bond donors (Lipinski definition) is 1. The van der Waals surface area contributed by atoms with Crippen molar-refractivity contribution in [3.63, 3.8) is 0 Å². The van der Waals surface area contributed by atoms with Crippen LogP contribution in [0.4, 0.5) is 4.39 Å². The summed E-state index contributed by atoms with van der Waals surface area (Å²) in [5, 5.41) is 0. The van der Waals surface area contributed by atoms with Gasteiger partial charge in [0, 0.05) is 6.54 Å². The fourth-order valence-electron chi connectivity index (χ4n) is 1.60. The van der Waals surface area contributed by atoms with Gasteiger partial charge in [0.25, 0.3) is 0 Å². The standard InChI is InChI=1S/C14H14FNO/c15-13-7-6-11(12(8-13)9-16)10-17-14-4-2-1-3-5-14/h1-8H,9-10,16H2. The zero-order valence-electron chi connectivity index (χ0n) is 9.40. The SMILES string of the molecule is NCc1cc(F)ccc1COc1ccccc1. The molecule has 0 aliphatic rings. The van der Waals surface area contributed by atoms with Crippen molar-refractivity contribution >= 4 is 0 Å². The third-order valence-corrected chi connectivity index (χ3v) is 2.53. The molecule has 3 heteroatoms. The Morgan fingerprint density at radius 1 is 1.00 bits per heavy atom. The average molecular weight is 231 g/mol. The van der Waals surface area contributed by atoms with E-state index in [1.165, 1.54) is 12.1 Å². The van der Waals surface area contributed by atoms with Gasteiger partial charge in [-0.15, -0.1) is 0 Å². The van der Waals surface area contributed by atoms with Gasteiger partial charge in [0.1, 0.15) is 18.2 Å². The first-order chi connectivity index (χ1) is 8.29. The number of benzene rings is 2. The van der Waals surface area contributed by atoms with E-state index in [0.717, 1.165) is 16.9 Å². The fourth-order valence-corrected chi connectivity index (χ4v) is 1.60. The lowest BCUT2D eigenvalue weighted by Crippen LogP contribution is -2.05. The van der Waals surface area contributed by atoms with Crippen molar-refractivity contribution in [1.29, 1.82) is 0 Å². The summed E-state index contributed by atoms with van der Waals surface area (Å²) < 4.78 is 18.6. The third-order valence-electron chi connectivity index (χ3n) is 2.53. The van der Waals surface area contributed by atoms with Crippen LogP contribution in [0.5, 0.6) is 5.75 Å². The molecular formula is C14H14FNO. The molecule has 0 saturated heterocycles. The lowest BCUT2D eigenvalue weighted by atomic mass is 10.1. The van der Waals surface area contributed by atoms with Crippen LogP contribution in [0.3, 0.4) is 0 Å². The van der Waals surface area contributed by atoms with Gasteiger partial charge >= 0.3 is 0 Å². The Hall–Kier alpha value is -1.87. The van der Waals surface area contributed by atoms with E-state index in [-0.39, 0.29) is 5.82 Å². The summed E-state index contributed by atoms with van der Waals surface area (Å²) in [4.78, 5) is 0. The summed E-state index contributed by atoms with van der Waals surface area (Å²) in [7, 11) is 0. The summed E-state index contributed by atoms with van der Waals surface area (Å²) in [6.45, 7) is 0.710. The van der Waals surface area contributed by atoms with Gasteiger partial charge in [-0.1, -0.05) is 24.3 Å². The molecule has 17 heavy (non-hydrogen) atoms. The van der Waals surface area contributed by atoms with Crippen LogP contribution in [0.15, 0.2) is 48.5 Å². The highest BCUT2D eigenvalue weighted by Crippen LogP contribution is 2.15. The van der Waals surface area contributed by atoms with Crippen molar-refractivity contribution in [1.82, 2.24) is 0 Å². The van der Waals surface area contributed by atoms with Crippen LogP contribution in [0.1, 0.15) is 11.1 Å². The van der Waals surface area contributed by atoms with Crippen molar-refractivity contribution in [3.05, 3.63) is 65.5 Å². The van der Waals surface area contributed by atoms with Crippen molar-refractivity contribution < 1.29 is 9.13 Å². The van der Waals surface area contributed by atoms with Crippen molar-refractivity contribution in [2.75, 3.05) is 0 Å². The van der Waals surface area contributed by atoms with Gasteiger partial charge in [0.2, 0.25) is 0 Å². The molecule has 88 valence electrons. The van der Waals surface area contributed by atoms with Gasteiger partial charge < -0.3 is 10.5 Å². The van der Waals surface area contributed by atoms with Crippen molar-refractivity contribution in [2.24, 2.45) is 5.73 Å². The van der Waals surface area contributed by atoms with Gasteiger partial charge in [-0.05, 0) is 35.4 Å². The molecule has 2 rings (SSSR count). The second kappa shape index (κ2) is 5.46. The second-order valence-corrected chi connectivity index (χ2v) is 3.72. The first-order valence-electron chi connectivity index (χ1n) is 5.45. The van der Waals surface area contributed by atoms with Crippen LogP contribution in [0.25, 0.3) is 0 Å². The summed E-state index contributed by atoms with van der Waals surface area (Å²) >= 11 is 0. The average Bonchev–Trinajstić information content (AvgIpc) is 2.38. The number of nitrogens with two attached hydrogens (primary N) is 1. The lowest BCUT2D eigenvalue weighted by Gasteiger charge is -2.10. The zero-order chi connectivity index (χ0) is 12.1. The Labute approximate surface area is 99.8 Å². The van der Waals surface area contributed by atoms with E-state index in [9.17, 15) is 4.39 Å². The number of rotatable bonds is 4. The molecule has 0 atom stereocenters. The molecule has 0 saturated carbocycles. The van der Waals surface area contributed by atoms with E-state index in [0.29, 0.717) is 13.2 Å². The maximum absolute atomic E-state index is 13.0. The molecule has 2 nitrogen and oxygen atoms in total. The Kier molecular flexibility index (Phi) is 3.73. The van der Waals surface area contributed by atoms with Crippen LogP contribution >= 0.6 is 0 Å². The van der Waals surface area contributed by atoms with E-state index < -0.39 is 0 Å². The van der Waals surface area contributed by atoms with Crippen LogP contribution in [0.2, 0.25) is 0 Å². The Bertz CT molecular complexity index is 485. The third kappa shape index (κ3) is 3.04. The normalized spacial score (nSPS) is 10.2. The molecule has 0 aliphatic heterocycles. The molecule has 0 aromatic heterocycles. The highest BCUT2D eigenvalue weighted by Gasteiger charge is 2.03. The summed E-state index contributed by atoms with van der Waals surface area (Å²) in [5.74, 6) is 0.522. The summed E-state index contributed by atoms with van der Waals surface area (Å²) in [6, 6.07) is 14.1. The van der Waals surface area contributed by atoms with Gasteiger partial charge in [-0.3, -0.25) is 0 Å². The minimum atomic E-state index is -0.270. The van der Waals surface area contributed by atoms with Gasteiger partial charge in [-0.2, -0.15) is 0 Å². The molecule has 0 amide bonds. The van der Waals surface area contributed by atoms with Gasteiger partial charge in [-0.25, -0.2) is 4.39 Å². The topological polar surface area (TPSA) is 35.2 Å². The Morgan fingerprint density at radius 2 is 1.76 bits per heavy atom. The van der Waals surface area contributed by atoms with E-state index in [1.807, 2.05) is 30.3 Å². The smallest absolute Gasteiger partial charge is 0.123 e. The molecule has 0 fully saturated rings. The highest BCUT2D eigenvalue weighted by atomic mass is 19.1. The first kappa shape index (κ1) is 11.6. The first-order valence-corrected chi connectivity index (χ1v) is 5.45. The van der Waals surface area contributed by atoms with E-state index in [2.05, 4.69) is 0 Å². The Balaban J connectivity index is 2.09. The van der Waals surface area contributed by atoms with Gasteiger partial charge in [0.05, 0.1) is 0 Å². The molecule has 0 spiro atoms. The predicted molar refractivity (Wildman–Crippen MR) is 65.1 cm³/mol.